The number of phenols is 1. The molecule has 1 N–H and O–H groups in total. The zero-order chi connectivity index (χ0) is 10.7. The molecule has 0 bridgehead atoms. The van der Waals surface area contributed by atoms with Gasteiger partial charge in [0, 0.05) is 6.07 Å². The van der Waals surface area contributed by atoms with Crippen molar-refractivity contribution in [2.75, 3.05) is 0 Å². The third-order valence-corrected chi connectivity index (χ3v) is 1.61. The van der Waals surface area contributed by atoms with Crippen LogP contribution in [-0.2, 0) is 6.42 Å². The minimum atomic E-state index is -0.946. The molecule has 0 aliphatic rings. The van der Waals surface area contributed by atoms with Crippen LogP contribution in [0.2, 0.25) is 0 Å². The summed E-state index contributed by atoms with van der Waals surface area (Å²) < 4.78 is 13.0. The normalized spacial score (nSPS) is 9.43. The Bertz CT molecular complexity index is 425. The van der Waals surface area contributed by atoms with Gasteiger partial charge in [-0.1, -0.05) is 0 Å². The SMILES string of the molecule is N#CCc1c(F)cc(O)cc1[N+](=O)[O-]. The van der Waals surface area contributed by atoms with E-state index in [0.29, 0.717) is 0 Å². The number of aromatic hydroxyl groups is 1. The van der Waals surface area contributed by atoms with Gasteiger partial charge in [0.25, 0.3) is 5.69 Å². The summed E-state index contributed by atoms with van der Waals surface area (Å²) in [6.07, 6.45) is -0.400. The van der Waals surface area contributed by atoms with Crippen LogP contribution in [0.15, 0.2) is 12.1 Å². The minimum Gasteiger partial charge on any atom is -0.508 e. The predicted molar refractivity (Wildman–Crippen MR) is 44.0 cm³/mol. The van der Waals surface area contributed by atoms with E-state index in [9.17, 15) is 14.5 Å². The summed E-state index contributed by atoms with van der Waals surface area (Å²) in [5.41, 5.74) is -0.889. The molecule has 0 unspecified atom stereocenters. The monoisotopic (exact) mass is 196 g/mol. The Balaban J connectivity index is 3.38. The summed E-state index contributed by atoms with van der Waals surface area (Å²) in [7, 11) is 0. The van der Waals surface area contributed by atoms with E-state index in [-0.39, 0.29) is 5.56 Å². The van der Waals surface area contributed by atoms with Gasteiger partial charge in [-0.3, -0.25) is 10.1 Å². The number of hydrogen-bond acceptors (Lipinski definition) is 4. The van der Waals surface area contributed by atoms with Gasteiger partial charge in [-0.05, 0) is 0 Å². The van der Waals surface area contributed by atoms with Gasteiger partial charge in [-0.15, -0.1) is 0 Å². The van der Waals surface area contributed by atoms with Gasteiger partial charge in [-0.25, -0.2) is 4.39 Å². The zero-order valence-electron chi connectivity index (χ0n) is 6.90. The summed E-state index contributed by atoms with van der Waals surface area (Å²) in [4.78, 5) is 9.58. The Labute approximate surface area is 78.2 Å². The molecule has 0 aliphatic carbocycles. The van der Waals surface area contributed by atoms with Crippen molar-refractivity contribution in [2.45, 2.75) is 6.42 Å². The smallest absolute Gasteiger partial charge is 0.280 e. The molecule has 0 saturated heterocycles. The van der Waals surface area contributed by atoms with Gasteiger partial charge in [0.2, 0.25) is 0 Å². The first kappa shape index (κ1) is 9.92. The molecule has 1 rings (SSSR count). The number of nitriles is 1. The maximum atomic E-state index is 13.0. The molecule has 0 aromatic heterocycles. The Morgan fingerprint density at radius 3 is 2.79 bits per heavy atom. The van der Waals surface area contributed by atoms with E-state index in [1.54, 1.807) is 6.07 Å². The zero-order valence-corrected chi connectivity index (χ0v) is 6.90. The van der Waals surface area contributed by atoms with Crippen LogP contribution in [0.5, 0.6) is 5.75 Å². The summed E-state index contributed by atoms with van der Waals surface area (Å²) >= 11 is 0. The van der Waals surface area contributed by atoms with E-state index < -0.39 is 28.6 Å². The lowest BCUT2D eigenvalue weighted by Gasteiger charge is -2.00. The van der Waals surface area contributed by atoms with Crippen LogP contribution in [0.25, 0.3) is 0 Å². The van der Waals surface area contributed by atoms with Crippen molar-refractivity contribution in [3.05, 3.63) is 33.6 Å². The van der Waals surface area contributed by atoms with Gasteiger partial charge >= 0.3 is 0 Å². The predicted octanol–water partition coefficient (Wildman–Crippen LogP) is 1.51. The molecule has 0 amide bonds. The maximum absolute atomic E-state index is 13.0. The van der Waals surface area contributed by atoms with Gasteiger partial charge in [0.15, 0.2) is 0 Å². The lowest BCUT2D eigenvalue weighted by molar-refractivity contribution is -0.385. The maximum Gasteiger partial charge on any atom is 0.280 e. The fourth-order valence-corrected chi connectivity index (χ4v) is 1.03. The average Bonchev–Trinajstić information content (AvgIpc) is 2.09. The molecule has 0 spiro atoms. The van der Waals surface area contributed by atoms with E-state index in [4.69, 9.17) is 10.4 Å². The fraction of sp³-hybridized carbons (Fsp3) is 0.125. The van der Waals surface area contributed by atoms with Gasteiger partial charge in [-0.2, -0.15) is 5.26 Å². The lowest BCUT2D eigenvalue weighted by Crippen LogP contribution is -1.98. The number of phenolic OH excluding ortho intramolecular Hbond substituents is 1. The van der Waals surface area contributed by atoms with Crippen molar-refractivity contribution in [1.82, 2.24) is 0 Å². The van der Waals surface area contributed by atoms with E-state index in [1.165, 1.54) is 0 Å². The molecule has 0 heterocycles. The molecular weight excluding hydrogens is 191 g/mol. The van der Waals surface area contributed by atoms with E-state index in [1.807, 2.05) is 0 Å². The number of rotatable bonds is 2. The highest BCUT2D eigenvalue weighted by Crippen LogP contribution is 2.27. The summed E-state index contributed by atoms with van der Waals surface area (Å²) in [6.45, 7) is 0. The highest BCUT2D eigenvalue weighted by atomic mass is 19.1. The van der Waals surface area contributed by atoms with Crippen molar-refractivity contribution in [3.8, 4) is 11.8 Å². The van der Waals surface area contributed by atoms with E-state index in [2.05, 4.69) is 0 Å². The van der Waals surface area contributed by atoms with Crippen LogP contribution >= 0.6 is 0 Å². The van der Waals surface area contributed by atoms with Crippen LogP contribution < -0.4 is 0 Å². The lowest BCUT2D eigenvalue weighted by atomic mass is 10.1. The first-order valence-corrected chi connectivity index (χ1v) is 3.59. The number of nitro groups is 1. The van der Waals surface area contributed by atoms with Crippen LogP contribution in [0.3, 0.4) is 0 Å². The van der Waals surface area contributed by atoms with E-state index >= 15 is 0 Å². The molecule has 0 saturated carbocycles. The Kier molecular flexibility index (Phi) is 2.62. The molecule has 0 fully saturated rings. The van der Waals surface area contributed by atoms with Crippen molar-refractivity contribution in [1.29, 1.82) is 5.26 Å². The fourth-order valence-electron chi connectivity index (χ4n) is 1.03. The molecule has 72 valence electrons. The molecule has 5 nitrogen and oxygen atoms in total. The molecule has 0 atom stereocenters. The van der Waals surface area contributed by atoms with Crippen molar-refractivity contribution in [2.24, 2.45) is 0 Å². The van der Waals surface area contributed by atoms with E-state index in [0.717, 1.165) is 12.1 Å². The number of nitrogens with zero attached hydrogens (tertiary/aromatic N) is 2. The molecule has 14 heavy (non-hydrogen) atoms. The number of hydrogen-bond donors (Lipinski definition) is 1. The van der Waals surface area contributed by atoms with Crippen LogP contribution in [0, 0.1) is 27.3 Å². The summed E-state index contributed by atoms with van der Waals surface area (Å²) in [6, 6.07) is 3.16. The first-order valence-electron chi connectivity index (χ1n) is 3.59. The molecule has 1 aromatic rings. The number of halogens is 1. The van der Waals surface area contributed by atoms with Gasteiger partial charge in [0.1, 0.15) is 11.6 Å². The Morgan fingerprint density at radius 2 is 2.29 bits per heavy atom. The summed E-state index contributed by atoms with van der Waals surface area (Å²) in [5.74, 6) is -1.48. The second kappa shape index (κ2) is 3.70. The second-order valence-corrected chi connectivity index (χ2v) is 2.52. The largest absolute Gasteiger partial charge is 0.508 e. The minimum absolute atomic E-state index is 0.310. The molecule has 0 radical (unpaired) electrons. The third-order valence-electron chi connectivity index (χ3n) is 1.61. The summed E-state index contributed by atoms with van der Waals surface area (Å²) in [5, 5.41) is 27.6. The first-order chi connectivity index (χ1) is 6.56. The number of benzene rings is 1. The van der Waals surface area contributed by atoms with Crippen LogP contribution in [0.4, 0.5) is 10.1 Å². The van der Waals surface area contributed by atoms with Crippen LogP contribution in [0.1, 0.15) is 5.56 Å². The topological polar surface area (TPSA) is 87.2 Å². The quantitative estimate of drug-likeness (QED) is 0.573. The van der Waals surface area contributed by atoms with Crippen molar-refractivity contribution in [3.63, 3.8) is 0 Å². The Hall–Kier alpha value is -2.16. The van der Waals surface area contributed by atoms with Gasteiger partial charge < -0.3 is 5.11 Å². The molecule has 6 heteroatoms. The van der Waals surface area contributed by atoms with Crippen LogP contribution in [-0.4, -0.2) is 10.0 Å². The molecule has 0 aliphatic heterocycles. The van der Waals surface area contributed by atoms with Crippen molar-refractivity contribution >= 4 is 5.69 Å². The highest BCUT2D eigenvalue weighted by molar-refractivity contribution is 5.47. The average molecular weight is 196 g/mol. The standard InChI is InChI=1S/C8H5FN2O3/c9-7-3-5(12)4-8(11(13)14)6(7)1-2-10/h3-4,12H,1H2. The highest BCUT2D eigenvalue weighted by Gasteiger charge is 2.19. The van der Waals surface area contributed by atoms with Gasteiger partial charge in [0.05, 0.1) is 29.0 Å². The third kappa shape index (κ3) is 1.77. The Morgan fingerprint density at radius 1 is 1.64 bits per heavy atom. The second-order valence-electron chi connectivity index (χ2n) is 2.52. The molecular formula is C8H5FN2O3. The molecule has 1 aromatic carbocycles. The number of nitro benzene ring substituents is 1. The van der Waals surface area contributed by atoms with Crippen molar-refractivity contribution < 1.29 is 14.4 Å².